The van der Waals surface area contributed by atoms with Crippen LogP contribution < -0.4 is 5.32 Å². The quantitative estimate of drug-likeness (QED) is 0.909. The molecule has 2 heterocycles. The van der Waals surface area contributed by atoms with Crippen molar-refractivity contribution in [3.63, 3.8) is 0 Å². The SMILES string of the molecule is CN1CCC(NC(=O)c2ccc(Br)s2)CC1. The third kappa shape index (κ3) is 3.06. The summed E-state index contributed by atoms with van der Waals surface area (Å²) in [6, 6.07) is 4.11. The minimum Gasteiger partial charge on any atom is -0.349 e. The van der Waals surface area contributed by atoms with Crippen molar-refractivity contribution in [3.05, 3.63) is 20.8 Å². The van der Waals surface area contributed by atoms with Gasteiger partial charge in [0.15, 0.2) is 0 Å². The Morgan fingerprint density at radius 2 is 2.19 bits per heavy atom. The molecule has 1 N–H and O–H groups in total. The first-order chi connectivity index (χ1) is 7.65. The van der Waals surface area contributed by atoms with Crippen LogP contribution in [0.1, 0.15) is 22.5 Å². The first-order valence-electron chi connectivity index (χ1n) is 5.40. The van der Waals surface area contributed by atoms with E-state index >= 15 is 0 Å². The van der Waals surface area contributed by atoms with Gasteiger partial charge in [-0.05, 0) is 61.0 Å². The zero-order chi connectivity index (χ0) is 11.5. The van der Waals surface area contributed by atoms with Crippen molar-refractivity contribution in [1.82, 2.24) is 10.2 Å². The maximum atomic E-state index is 11.9. The van der Waals surface area contributed by atoms with Gasteiger partial charge in [-0.25, -0.2) is 0 Å². The van der Waals surface area contributed by atoms with Crippen molar-refractivity contribution in [2.45, 2.75) is 18.9 Å². The van der Waals surface area contributed by atoms with Crippen LogP contribution in [-0.2, 0) is 0 Å². The van der Waals surface area contributed by atoms with Crippen molar-refractivity contribution in [2.24, 2.45) is 0 Å². The topological polar surface area (TPSA) is 32.3 Å². The van der Waals surface area contributed by atoms with Gasteiger partial charge in [-0.3, -0.25) is 4.79 Å². The largest absolute Gasteiger partial charge is 0.349 e. The van der Waals surface area contributed by atoms with E-state index in [1.54, 1.807) is 0 Å². The lowest BCUT2D eigenvalue weighted by Gasteiger charge is -2.29. The van der Waals surface area contributed by atoms with E-state index in [4.69, 9.17) is 0 Å². The summed E-state index contributed by atoms with van der Waals surface area (Å²) in [4.78, 5) is 15.0. The second kappa shape index (κ2) is 5.29. The van der Waals surface area contributed by atoms with E-state index in [9.17, 15) is 4.79 Å². The number of hydrogen-bond donors (Lipinski definition) is 1. The third-order valence-corrected chi connectivity index (χ3v) is 4.47. The zero-order valence-electron chi connectivity index (χ0n) is 9.20. The van der Waals surface area contributed by atoms with Crippen LogP contribution >= 0.6 is 27.3 Å². The molecule has 1 saturated heterocycles. The van der Waals surface area contributed by atoms with Gasteiger partial charge in [0.2, 0.25) is 0 Å². The fourth-order valence-corrected chi connectivity index (χ4v) is 3.13. The molecule has 1 aliphatic heterocycles. The van der Waals surface area contributed by atoms with E-state index in [0.29, 0.717) is 6.04 Å². The molecule has 1 aliphatic rings. The van der Waals surface area contributed by atoms with Gasteiger partial charge >= 0.3 is 0 Å². The van der Waals surface area contributed by atoms with Gasteiger partial charge < -0.3 is 10.2 Å². The average Bonchev–Trinajstić information content (AvgIpc) is 2.68. The van der Waals surface area contributed by atoms with Crippen LogP contribution in [0.4, 0.5) is 0 Å². The van der Waals surface area contributed by atoms with E-state index in [-0.39, 0.29) is 5.91 Å². The molecule has 5 heteroatoms. The minimum absolute atomic E-state index is 0.0604. The molecule has 0 spiro atoms. The van der Waals surface area contributed by atoms with Crippen LogP contribution in [0.15, 0.2) is 15.9 Å². The third-order valence-electron chi connectivity index (χ3n) is 2.85. The molecule has 1 amide bonds. The number of nitrogens with zero attached hydrogens (tertiary/aromatic N) is 1. The fraction of sp³-hybridized carbons (Fsp3) is 0.545. The summed E-state index contributed by atoms with van der Waals surface area (Å²) in [6.07, 6.45) is 2.10. The average molecular weight is 303 g/mol. The summed E-state index contributed by atoms with van der Waals surface area (Å²) >= 11 is 4.84. The Bertz CT molecular complexity index is 372. The predicted molar refractivity (Wildman–Crippen MR) is 70.0 cm³/mol. The summed E-state index contributed by atoms with van der Waals surface area (Å²) in [7, 11) is 2.12. The molecule has 0 unspecified atom stereocenters. The summed E-state index contributed by atoms with van der Waals surface area (Å²) in [6.45, 7) is 2.14. The van der Waals surface area contributed by atoms with Crippen LogP contribution in [0.3, 0.4) is 0 Å². The molecular formula is C11H15BrN2OS. The highest BCUT2D eigenvalue weighted by Crippen LogP contribution is 2.22. The van der Waals surface area contributed by atoms with Crippen molar-refractivity contribution >= 4 is 33.2 Å². The normalized spacial score (nSPS) is 18.6. The van der Waals surface area contributed by atoms with Crippen molar-refractivity contribution in [1.29, 1.82) is 0 Å². The lowest BCUT2D eigenvalue weighted by atomic mass is 10.1. The number of halogens is 1. The molecule has 0 bridgehead atoms. The number of carbonyl (C=O) groups excluding carboxylic acids is 1. The number of carbonyl (C=O) groups is 1. The van der Waals surface area contributed by atoms with Gasteiger partial charge in [0.05, 0.1) is 8.66 Å². The fourth-order valence-electron chi connectivity index (χ4n) is 1.85. The van der Waals surface area contributed by atoms with Crippen LogP contribution in [0.5, 0.6) is 0 Å². The molecule has 0 radical (unpaired) electrons. The summed E-state index contributed by atoms with van der Waals surface area (Å²) < 4.78 is 1.00. The maximum Gasteiger partial charge on any atom is 0.261 e. The number of rotatable bonds is 2. The van der Waals surface area contributed by atoms with Crippen molar-refractivity contribution < 1.29 is 4.79 Å². The van der Waals surface area contributed by atoms with Gasteiger partial charge in [-0.15, -0.1) is 11.3 Å². The number of amides is 1. The number of thiophene rings is 1. The maximum absolute atomic E-state index is 11.9. The monoisotopic (exact) mass is 302 g/mol. The van der Waals surface area contributed by atoms with E-state index < -0.39 is 0 Å². The summed E-state index contributed by atoms with van der Waals surface area (Å²) in [5.74, 6) is 0.0604. The number of piperidine rings is 1. The first kappa shape index (κ1) is 12.1. The highest BCUT2D eigenvalue weighted by atomic mass is 79.9. The molecule has 0 aromatic carbocycles. The van der Waals surface area contributed by atoms with Crippen LogP contribution in [0.25, 0.3) is 0 Å². The van der Waals surface area contributed by atoms with E-state index in [1.807, 2.05) is 12.1 Å². The molecule has 3 nitrogen and oxygen atoms in total. The van der Waals surface area contributed by atoms with Gasteiger partial charge in [0.1, 0.15) is 0 Å². The second-order valence-electron chi connectivity index (χ2n) is 4.15. The number of nitrogens with one attached hydrogen (secondary N) is 1. The smallest absolute Gasteiger partial charge is 0.261 e. The Labute approximate surface area is 108 Å². The highest BCUT2D eigenvalue weighted by Gasteiger charge is 2.19. The lowest BCUT2D eigenvalue weighted by Crippen LogP contribution is -2.43. The van der Waals surface area contributed by atoms with Gasteiger partial charge in [-0.2, -0.15) is 0 Å². The van der Waals surface area contributed by atoms with Gasteiger partial charge in [-0.1, -0.05) is 0 Å². The highest BCUT2D eigenvalue weighted by molar-refractivity contribution is 9.11. The van der Waals surface area contributed by atoms with Gasteiger partial charge in [0, 0.05) is 6.04 Å². The van der Waals surface area contributed by atoms with Crippen LogP contribution in [0.2, 0.25) is 0 Å². The summed E-state index contributed by atoms with van der Waals surface area (Å²) in [5.41, 5.74) is 0. The molecule has 2 rings (SSSR count). The van der Waals surface area contributed by atoms with E-state index in [0.717, 1.165) is 34.6 Å². The zero-order valence-corrected chi connectivity index (χ0v) is 11.6. The Morgan fingerprint density at radius 3 is 2.75 bits per heavy atom. The molecule has 0 atom stereocenters. The molecule has 1 aromatic rings. The molecule has 88 valence electrons. The molecule has 1 fully saturated rings. The molecular weight excluding hydrogens is 288 g/mol. The van der Waals surface area contributed by atoms with E-state index in [2.05, 4.69) is 33.2 Å². The predicted octanol–water partition coefficient (Wildman–Crippen LogP) is 2.33. The Morgan fingerprint density at radius 1 is 1.50 bits per heavy atom. The molecule has 0 saturated carbocycles. The minimum atomic E-state index is 0.0604. The Hall–Kier alpha value is -0.390. The number of hydrogen-bond acceptors (Lipinski definition) is 3. The first-order valence-corrected chi connectivity index (χ1v) is 7.01. The van der Waals surface area contributed by atoms with Crippen LogP contribution in [-0.4, -0.2) is 37.0 Å². The molecule has 16 heavy (non-hydrogen) atoms. The van der Waals surface area contributed by atoms with Crippen molar-refractivity contribution in [2.75, 3.05) is 20.1 Å². The molecule has 1 aromatic heterocycles. The van der Waals surface area contributed by atoms with Crippen LogP contribution in [0, 0.1) is 0 Å². The summed E-state index contributed by atoms with van der Waals surface area (Å²) in [5, 5.41) is 3.09. The van der Waals surface area contributed by atoms with Gasteiger partial charge in [0.25, 0.3) is 5.91 Å². The van der Waals surface area contributed by atoms with E-state index in [1.165, 1.54) is 11.3 Å². The Kier molecular flexibility index (Phi) is 4.00. The lowest BCUT2D eigenvalue weighted by molar-refractivity contribution is 0.0921. The standard InChI is InChI=1S/C11H15BrN2OS/c1-14-6-4-8(5-7-14)13-11(15)9-2-3-10(12)16-9/h2-3,8H,4-7H2,1H3,(H,13,15). The molecule has 0 aliphatic carbocycles. The van der Waals surface area contributed by atoms with Crippen molar-refractivity contribution in [3.8, 4) is 0 Å². The Balaban J connectivity index is 1.88. The number of likely N-dealkylation sites (tertiary alicyclic amines) is 1. The second-order valence-corrected chi connectivity index (χ2v) is 6.62.